The van der Waals surface area contributed by atoms with Crippen molar-refractivity contribution in [2.24, 2.45) is 5.92 Å². The Morgan fingerprint density at radius 1 is 1.15 bits per heavy atom. The van der Waals surface area contributed by atoms with Crippen LogP contribution in [0.3, 0.4) is 0 Å². The smallest absolute Gasteiger partial charge is 0.251 e. The highest BCUT2D eigenvalue weighted by Crippen LogP contribution is 2.24. The van der Waals surface area contributed by atoms with Crippen LogP contribution in [0, 0.1) is 5.92 Å². The van der Waals surface area contributed by atoms with Crippen LogP contribution in [0.25, 0.3) is 0 Å². The first-order valence-corrected chi connectivity index (χ1v) is 6.47. The molecule has 0 aliphatic carbocycles. The molecule has 0 atom stereocenters. The maximum Gasteiger partial charge on any atom is 0.251 e. The molecule has 6 heteroatoms. The minimum absolute atomic E-state index is 0.118. The Bertz CT molecular complexity index is 486. The Balaban J connectivity index is 2.36. The normalized spacial score (nSPS) is 10.3. The van der Waals surface area contributed by atoms with E-state index in [0.717, 1.165) is 0 Å². The molecular weight excluding hydrogens is 260 g/mol. The van der Waals surface area contributed by atoms with E-state index < -0.39 is 5.91 Å². The molecule has 0 aliphatic rings. The van der Waals surface area contributed by atoms with Crippen molar-refractivity contribution < 1.29 is 19.8 Å². The van der Waals surface area contributed by atoms with Crippen LogP contribution in [-0.4, -0.2) is 35.1 Å². The molecule has 0 bridgehead atoms. The summed E-state index contributed by atoms with van der Waals surface area (Å²) in [5.74, 6) is -0.778. The quantitative estimate of drug-likeness (QED) is 0.584. The van der Waals surface area contributed by atoms with Crippen molar-refractivity contribution in [3.63, 3.8) is 0 Å². The molecule has 0 radical (unpaired) electrons. The zero-order valence-corrected chi connectivity index (χ0v) is 11.6. The van der Waals surface area contributed by atoms with Crippen LogP contribution < -0.4 is 10.6 Å². The number of phenols is 2. The molecule has 0 aromatic heterocycles. The molecule has 110 valence electrons. The number of phenolic OH excluding ortho intramolecular Hbond substituents is 2. The van der Waals surface area contributed by atoms with E-state index in [1.54, 1.807) is 0 Å². The fourth-order valence-corrected chi connectivity index (χ4v) is 1.46. The minimum Gasteiger partial charge on any atom is -0.504 e. The van der Waals surface area contributed by atoms with E-state index in [1.807, 2.05) is 13.8 Å². The third-order valence-corrected chi connectivity index (χ3v) is 2.58. The second-order valence-electron chi connectivity index (χ2n) is 4.91. The topological polar surface area (TPSA) is 98.7 Å². The van der Waals surface area contributed by atoms with Gasteiger partial charge in [-0.1, -0.05) is 13.8 Å². The molecule has 20 heavy (non-hydrogen) atoms. The number of benzene rings is 1. The molecule has 0 fully saturated rings. The molecule has 4 N–H and O–H groups in total. The number of rotatable bonds is 6. The van der Waals surface area contributed by atoms with E-state index in [4.69, 9.17) is 5.11 Å². The van der Waals surface area contributed by atoms with Gasteiger partial charge in [0.1, 0.15) is 0 Å². The van der Waals surface area contributed by atoms with Crippen LogP contribution in [0.4, 0.5) is 0 Å². The molecule has 1 aromatic rings. The fraction of sp³-hybridized carbons (Fsp3) is 0.429. The largest absolute Gasteiger partial charge is 0.504 e. The van der Waals surface area contributed by atoms with Gasteiger partial charge >= 0.3 is 0 Å². The second-order valence-corrected chi connectivity index (χ2v) is 4.91. The highest BCUT2D eigenvalue weighted by molar-refractivity contribution is 5.95. The maximum absolute atomic E-state index is 11.7. The Hall–Kier alpha value is -2.24. The van der Waals surface area contributed by atoms with Crippen molar-refractivity contribution in [2.75, 3.05) is 13.1 Å². The van der Waals surface area contributed by atoms with Gasteiger partial charge < -0.3 is 20.8 Å². The standard InChI is InChI=1S/C14H20N2O4/c1-9(2)8-16-13(19)5-6-15-14(20)10-3-4-11(17)12(18)7-10/h3-4,7,9,17-18H,5-6,8H2,1-2H3,(H,15,20)(H,16,19). The summed E-state index contributed by atoms with van der Waals surface area (Å²) >= 11 is 0. The zero-order valence-electron chi connectivity index (χ0n) is 11.6. The summed E-state index contributed by atoms with van der Waals surface area (Å²) in [5.41, 5.74) is 0.225. The van der Waals surface area contributed by atoms with Gasteiger partial charge in [0.25, 0.3) is 5.91 Å². The zero-order chi connectivity index (χ0) is 15.1. The van der Waals surface area contributed by atoms with Crippen LogP contribution in [0.2, 0.25) is 0 Å². The van der Waals surface area contributed by atoms with Gasteiger partial charge in [-0.3, -0.25) is 9.59 Å². The van der Waals surface area contributed by atoms with Crippen molar-refractivity contribution in [3.05, 3.63) is 23.8 Å². The molecule has 0 spiro atoms. The molecule has 2 amide bonds. The third kappa shape index (κ3) is 5.17. The molecule has 0 heterocycles. The number of amides is 2. The summed E-state index contributed by atoms with van der Waals surface area (Å²) in [6.07, 6.45) is 0.197. The molecule has 6 nitrogen and oxygen atoms in total. The Morgan fingerprint density at radius 3 is 2.45 bits per heavy atom. The van der Waals surface area contributed by atoms with Gasteiger partial charge in [-0.15, -0.1) is 0 Å². The summed E-state index contributed by atoms with van der Waals surface area (Å²) in [7, 11) is 0. The van der Waals surface area contributed by atoms with Crippen LogP contribution in [-0.2, 0) is 4.79 Å². The van der Waals surface area contributed by atoms with Crippen molar-refractivity contribution in [3.8, 4) is 11.5 Å². The lowest BCUT2D eigenvalue weighted by molar-refractivity contribution is -0.121. The molecule has 1 aromatic carbocycles. The second kappa shape index (κ2) is 7.37. The van der Waals surface area contributed by atoms with Crippen LogP contribution in [0.15, 0.2) is 18.2 Å². The summed E-state index contributed by atoms with van der Waals surface area (Å²) in [6, 6.07) is 3.80. The molecule has 0 saturated heterocycles. The Labute approximate surface area is 117 Å². The van der Waals surface area contributed by atoms with E-state index in [1.165, 1.54) is 18.2 Å². The number of hydrogen-bond acceptors (Lipinski definition) is 4. The number of carbonyl (C=O) groups excluding carboxylic acids is 2. The van der Waals surface area contributed by atoms with E-state index in [9.17, 15) is 14.7 Å². The summed E-state index contributed by atoms with van der Waals surface area (Å²) in [6.45, 7) is 4.82. The van der Waals surface area contributed by atoms with Crippen LogP contribution >= 0.6 is 0 Å². The molecule has 0 saturated carbocycles. The van der Waals surface area contributed by atoms with E-state index >= 15 is 0 Å². The summed E-state index contributed by atoms with van der Waals surface area (Å²) in [5, 5.41) is 23.8. The lowest BCUT2D eigenvalue weighted by Crippen LogP contribution is -2.32. The van der Waals surface area contributed by atoms with Gasteiger partial charge in [-0.25, -0.2) is 0 Å². The van der Waals surface area contributed by atoms with Crippen LogP contribution in [0.5, 0.6) is 11.5 Å². The SMILES string of the molecule is CC(C)CNC(=O)CCNC(=O)c1ccc(O)c(O)c1. The first-order valence-electron chi connectivity index (χ1n) is 6.47. The first-order chi connectivity index (χ1) is 9.40. The predicted octanol–water partition coefficient (Wildman–Crippen LogP) is 0.990. The van der Waals surface area contributed by atoms with Gasteiger partial charge in [0, 0.05) is 25.1 Å². The lowest BCUT2D eigenvalue weighted by atomic mass is 10.2. The number of aromatic hydroxyl groups is 2. The third-order valence-electron chi connectivity index (χ3n) is 2.58. The Morgan fingerprint density at radius 2 is 1.85 bits per heavy atom. The van der Waals surface area contributed by atoms with Crippen molar-refractivity contribution in [2.45, 2.75) is 20.3 Å². The van der Waals surface area contributed by atoms with E-state index in [0.29, 0.717) is 12.5 Å². The van der Waals surface area contributed by atoms with Gasteiger partial charge in [0.05, 0.1) is 0 Å². The highest BCUT2D eigenvalue weighted by Gasteiger charge is 2.09. The fourth-order valence-electron chi connectivity index (χ4n) is 1.46. The molecule has 0 unspecified atom stereocenters. The van der Waals surface area contributed by atoms with E-state index in [2.05, 4.69) is 10.6 Å². The van der Waals surface area contributed by atoms with E-state index in [-0.39, 0.29) is 35.9 Å². The van der Waals surface area contributed by atoms with Gasteiger partial charge in [-0.05, 0) is 24.1 Å². The van der Waals surface area contributed by atoms with Gasteiger partial charge in [0.2, 0.25) is 5.91 Å². The average molecular weight is 280 g/mol. The number of hydrogen-bond donors (Lipinski definition) is 4. The molecular formula is C14H20N2O4. The molecule has 1 rings (SSSR count). The summed E-state index contributed by atoms with van der Waals surface area (Å²) < 4.78 is 0. The summed E-state index contributed by atoms with van der Waals surface area (Å²) in [4.78, 5) is 23.1. The first kappa shape index (κ1) is 15.8. The van der Waals surface area contributed by atoms with Crippen molar-refractivity contribution in [1.29, 1.82) is 0 Å². The predicted molar refractivity (Wildman–Crippen MR) is 74.6 cm³/mol. The number of carbonyl (C=O) groups is 2. The van der Waals surface area contributed by atoms with Gasteiger partial charge in [0.15, 0.2) is 11.5 Å². The van der Waals surface area contributed by atoms with Crippen molar-refractivity contribution >= 4 is 11.8 Å². The number of nitrogens with one attached hydrogen (secondary N) is 2. The maximum atomic E-state index is 11.7. The van der Waals surface area contributed by atoms with Crippen LogP contribution in [0.1, 0.15) is 30.6 Å². The monoisotopic (exact) mass is 280 g/mol. The molecule has 0 aliphatic heterocycles. The minimum atomic E-state index is -0.406. The highest BCUT2D eigenvalue weighted by atomic mass is 16.3. The lowest BCUT2D eigenvalue weighted by Gasteiger charge is -2.08. The van der Waals surface area contributed by atoms with Crippen molar-refractivity contribution in [1.82, 2.24) is 10.6 Å². The average Bonchev–Trinajstić information content (AvgIpc) is 2.39. The van der Waals surface area contributed by atoms with Gasteiger partial charge in [-0.2, -0.15) is 0 Å². The Kier molecular flexibility index (Phi) is 5.83.